The lowest BCUT2D eigenvalue weighted by atomic mass is 9.47. The molecule has 0 aromatic rings. The first-order valence-corrected chi connectivity index (χ1v) is 12.5. The van der Waals surface area contributed by atoms with Crippen LogP contribution in [0, 0.1) is 34.5 Å². The van der Waals surface area contributed by atoms with Crippen LogP contribution >= 0.6 is 11.6 Å². The summed E-state index contributed by atoms with van der Waals surface area (Å²) in [6.07, 6.45) is 15.4. The van der Waals surface area contributed by atoms with E-state index in [1.807, 2.05) is 12.5 Å². The smallest absolute Gasteiger partial charge is 0.0514 e. The van der Waals surface area contributed by atoms with Crippen molar-refractivity contribution >= 4 is 11.6 Å². The van der Waals surface area contributed by atoms with E-state index in [-0.39, 0.29) is 5.38 Å². The molecule has 4 rings (SSSR count). The average Bonchev–Trinajstić information content (AvgIpc) is 3.03. The van der Waals surface area contributed by atoms with E-state index in [0.717, 1.165) is 36.2 Å². The third kappa shape index (κ3) is 3.52. The normalized spacial score (nSPS) is 42.3. The fourth-order valence-corrected chi connectivity index (χ4v) is 7.89. The molecule has 0 heterocycles. The van der Waals surface area contributed by atoms with Crippen molar-refractivity contribution in [3.63, 3.8) is 0 Å². The van der Waals surface area contributed by atoms with Crippen LogP contribution in [0.2, 0.25) is 0 Å². The van der Waals surface area contributed by atoms with Crippen molar-refractivity contribution < 1.29 is 0 Å². The van der Waals surface area contributed by atoms with Crippen molar-refractivity contribution in [3.05, 3.63) is 48.1 Å². The Bertz CT molecular complexity index is 739. The van der Waals surface area contributed by atoms with Crippen molar-refractivity contribution in [2.75, 3.05) is 0 Å². The summed E-state index contributed by atoms with van der Waals surface area (Å²) in [5, 5.41) is 0.0674. The highest BCUT2D eigenvalue weighted by Gasteiger charge is 2.57. The van der Waals surface area contributed by atoms with Gasteiger partial charge in [-0.25, -0.2) is 0 Å². The van der Waals surface area contributed by atoms with Crippen LogP contribution in [0.3, 0.4) is 0 Å². The minimum absolute atomic E-state index is 0.0674. The van der Waals surface area contributed by atoms with Gasteiger partial charge < -0.3 is 0 Å². The molecule has 3 saturated carbocycles. The molecule has 4 aliphatic carbocycles. The number of rotatable bonds is 5. The standard InChI is InChI=1S/C28H41Cl/c1-18-13-15-27(5)22(17-18)9-10-23-25-12-11-24(28(25,6)16-14-26(23)27)20(3)8-7-19(2)21(4)29/h10,21-22,24-26H,1-3,7-9,11-17H2,4-6H3. The van der Waals surface area contributed by atoms with Gasteiger partial charge >= 0.3 is 0 Å². The van der Waals surface area contributed by atoms with Crippen LogP contribution in [0.4, 0.5) is 0 Å². The van der Waals surface area contributed by atoms with Crippen LogP contribution in [0.25, 0.3) is 0 Å². The van der Waals surface area contributed by atoms with Crippen LogP contribution in [0.15, 0.2) is 48.1 Å². The van der Waals surface area contributed by atoms with Gasteiger partial charge in [-0.3, -0.25) is 0 Å². The van der Waals surface area contributed by atoms with E-state index >= 15 is 0 Å². The summed E-state index contributed by atoms with van der Waals surface area (Å²) in [6, 6.07) is 0. The van der Waals surface area contributed by atoms with Gasteiger partial charge in [0.25, 0.3) is 0 Å². The minimum Gasteiger partial charge on any atom is -0.119 e. The molecule has 0 spiro atoms. The zero-order valence-corrected chi connectivity index (χ0v) is 19.8. The summed E-state index contributed by atoms with van der Waals surface area (Å²) in [5.74, 6) is 3.10. The minimum atomic E-state index is 0.0674. The van der Waals surface area contributed by atoms with Crippen LogP contribution in [0.5, 0.6) is 0 Å². The Hall–Kier alpha value is -0.750. The van der Waals surface area contributed by atoms with Crippen molar-refractivity contribution in [1.29, 1.82) is 0 Å². The van der Waals surface area contributed by atoms with Gasteiger partial charge in [0.1, 0.15) is 0 Å². The van der Waals surface area contributed by atoms with Crippen LogP contribution in [-0.2, 0) is 0 Å². The first-order valence-electron chi connectivity index (χ1n) is 12.0. The summed E-state index contributed by atoms with van der Waals surface area (Å²) < 4.78 is 0. The third-order valence-electron chi connectivity index (χ3n) is 9.85. The molecule has 3 fully saturated rings. The van der Waals surface area contributed by atoms with Crippen LogP contribution in [-0.4, -0.2) is 5.38 Å². The molecule has 0 bridgehead atoms. The number of allylic oxidation sites excluding steroid dienone is 5. The summed E-state index contributed by atoms with van der Waals surface area (Å²) in [4.78, 5) is 0. The molecule has 0 aromatic heterocycles. The summed E-state index contributed by atoms with van der Waals surface area (Å²) >= 11 is 6.22. The molecular weight excluding hydrogens is 372 g/mol. The SMILES string of the molecule is C=C1CCC2(C)C(CC=C3C2CCC2(C)C(C(=C)CCC(=C)C(C)Cl)CCC32)C1. The molecule has 0 radical (unpaired) electrons. The zero-order valence-electron chi connectivity index (χ0n) is 19.0. The van der Waals surface area contributed by atoms with E-state index in [2.05, 4.69) is 39.7 Å². The van der Waals surface area contributed by atoms with E-state index in [1.165, 1.54) is 62.5 Å². The zero-order chi connectivity index (χ0) is 21.0. The lowest BCUT2D eigenvalue weighted by molar-refractivity contribution is 0.0130. The predicted octanol–water partition coefficient (Wildman–Crippen LogP) is 8.64. The average molecular weight is 413 g/mol. The van der Waals surface area contributed by atoms with E-state index in [0.29, 0.717) is 16.7 Å². The summed E-state index contributed by atoms with van der Waals surface area (Å²) in [6.45, 7) is 20.3. The van der Waals surface area contributed by atoms with Crippen molar-refractivity contribution in [2.24, 2.45) is 34.5 Å². The second-order valence-electron chi connectivity index (χ2n) is 11.3. The van der Waals surface area contributed by atoms with Gasteiger partial charge in [0.05, 0.1) is 5.38 Å². The Kier molecular flexibility index (Phi) is 5.73. The highest BCUT2D eigenvalue weighted by Crippen LogP contribution is 2.67. The van der Waals surface area contributed by atoms with Crippen molar-refractivity contribution in [3.8, 4) is 0 Å². The Labute approximate surface area is 184 Å². The molecular formula is C28H41Cl. The van der Waals surface area contributed by atoms with Gasteiger partial charge in [-0.05, 0) is 106 Å². The molecule has 29 heavy (non-hydrogen) atoms. The van der Waals surface area contributed by atoms with Gasteiger partial charge in [0.15, 0.2) is 0 Å². The molecule has 0 aliphatic heterocycles. The van der Waals surface area contributed by atoms with Crippen molar-refractivity contribution in [1.82, 2.24) is 0 Å². The van der Waals surface area contributed by atoms with E-state index in [4.69, 9.17) is 11.6 Å². The van der Waals surface area contributed by atoms with Gasteiger partial charge in [0.2, 0.25) is 0 Å². The van der Waals surface area contributed by atoms with Crippen LogP contribution in [0.1, 0.15) is 85.0 Å². The molecule has 0 N–H and O–H groups in total. The lowest BCUT2D eigenvalue weighted by Gasteiger charge is -2.57. The van der Waals surface area contributed by atoms with E-state index in [1.54, 1.807) is 0 Å². The Morgan fingerprint density at radius 1 is 1.10 bits per heavy atom. The molecule has 4 aliphatic rings. The number of alkyl halides is 1. The molecule has 7 unspecified atom stereocenters. The van der Waals surface area contributed by atoms with Gasteiger partial charge in [0, 0.05) is 0 Å². The molecule has 7 atom stereocenters. The summed E-state index contributed by atoms with van der Waals surface area (Å²) in [7, 11) is 0. The van der Waals surface area contributed by atoms with Crippen molar-refractivity contribution in [2.45, 2.75) is 90.4 Å². The number of halogens is 1. The fraction of sp³-hybridized carbons (Fsp3) is 0.714. The molecule has 1 heteroatoms. The lowest BCUT2D eigenvalue weighted by Crippen LogP contribution is -2.48. The van der Waals surface area contributed by atoms with Gasteiger partial charge in [-0.2, -0.15) is 0 Å². The largest absolute Gasteiger partial charge is 0.119 e. The first-order chi connectivity index (χ1) is 13.7. The number of fused-ring (bicyclic) bond motifs is 5. The third-order valence-corrected chi connectivity index (χ3v) is 10.2. The fourth-order valence-electron chi connectivity index (χ4n) is 7.78. The molecule has 0 nitrogen and oxygen atoms in total. The number of hydrogen-bond donors (Lipinski definition) is 0. The topological polar surface area (TPSA) is 0 Å². The predicted molar refractivity (Wildman–Crippen MR) is 127 cm³/mol. The first kappa shape index (κ1) is 21.5. The quantitative estimate of drug-likeness (QED) is 0.313. The van der Waals surface area contributed by atoms with Gasteiger partial charge in [-0.15, -0.1) is 11.6 Å². The van der Waals surface area contributed by atoms with E-state index in [9.17, 15) is 0 Å². The molecule has 0 saturated heterocycles. The van der Waals surface area contributed by atoms with Crippen LogP contribution < -0.4 is 0 Å². The Morgan fingerprint density at radius 2 is 1.83 bits per heavy atom. The Balaban J connectivity index is 1.52. The van der Waals surface area contributed by atoms with E-state index < -0.39 is 0 Å². The number of hydrogen-bond acceptors (Lipinski definition) is 0. The Morgan fingerprint density at radius 3 is 2.55 bits per heavy atom. The molecule has 160 valence electrons. The summed E-state index contributed by atoms with van der Waals surface area (Å²) in [5.41, 5.74) is 6.88. The maximum absolute atomic E-state index is 6.22. The maximum atomic E-state index is 6.22. The molecule has 0 aromatic carbocycles. The highest BCUT2D eigenvalue weighted by atomic mass is 35.5. The second kappa shape index (κ2) is 7.74. The molecule has 0 amide bonds. The highest BCUT2D eigenvalue weighted by molar-refractivity contribution is 6.22. The van der Waals surface area contributed by atoms with Gasteiger partial charge in [-0.1, -0.05) is 62.0 Å². The monoisotopic (exact) mass is 412 g/mol. The second-order valence-corrected chi connectivity index (χ2v) is 12.0. The maximum Gasteiger partial charge on any atom is 0.0514 e.